The van der Waals surface area contributed by atoms with Crippen LogP contribution >= 0.6 is 11.6 Å². The van der Waals surface area contributed by atoms with Gasteiger partial charge in [-0.3, -0.25) is 0 Å². The SMILES string of the molecule is O=C(NCCCl)NC1CCC(Oc2ccc(C(F)(F)F)cn2)CC1. The molecule has 0 radical (unpaired) electrons. The number of ether oxygens (including phenoxy) is 1. The van der Waals surface area contributed by atoms with Gasteiger partial charge in [0.2, 0.25) is 5.88 Å². The molecule has 0 aliphatic heterocycles. The number of halogens is 4. The van der Waals surface area contributed by atoms with Crippen molar-refractivity contribution in [1.82, 2.24) is 15.6 Å². The second-order valence-electron chi connectivity index (χ2n) is 5.56. The van der Waals surface area contributed by atoms with E-state index in [4.69, 9.17) is 16.3 Å². The summed E-state index contributed by atoms with van der Waals surface area (Å²) in [5.74, 6) is 0.535. The van der Waals surface area contributed by atoms with E-state index in [1.807, 2.05) is 0 Å². The topological polar surface area (TPSA) is 63.2 Å². The lowest BCUT2D eigenvalue weighted by Crippen LogP contribution is -2.45. The Labute approximate surface area is 142 Å². The smallest absolute Gasteiger partial charge is 0.417 e. The van der Waals surface area contributed by atoms with Crippen molar-refractivity contribution < 1.29 is 22.7 Å². The number of hydrogen-bond donors (Lipinski definition) is 2. The van der Waals surface area contributed by atoms with Crippen molar-refractivity contribution in [2.45, 2.75) is 44.0 Å². The highest BCUT2D eigenvalue weighted by molar-refractivity contribution is 6.18. The van der Waals surface area contributed by atoms with E-state index in [1.54, 1.807) is 0 Å². The maximum Gasteiger partial charge on any atom is 0.417 e. The van der Waals surface area contributed by atoms with Crippen LogP contribution in [0.2, 0.25) is 0 Å². The summed E-state index contributed by atoms with van der Waals surface area (Å²) < 4.78 is 43.0. The number of urea groups is 1. The third-order valence-corrected chi connectivity index (χ3v) is 3.93. The molecule has 2 N–H and O–H groups in total. The van der Waals surface area contributed by atoms with Gasteiger partial charge >= 0.3 is 12.2 Å². The molecule has 0 bridgehead atoms. The molecule has 1 fully saturated rings. The minimum Gasteiger partial charge on any atom is -0.474 e. The first kappa shape index (κ1) is 18.6. The van der Waals surface area contributed by atoms with E-state index < -0.39 is 11.7 Å². The maximum atomic E-state index is 12.5. The van der Waals surface area contributed by atoms with Gasteiger partial charge in [0.05, 0.1) is 5.56 Å². The van der Waals surface area contributed by atoms with Gasteiger partial charge in [-0.05, 0) is 31.7 Å². The number of nitrogens with zero attached hydrogens (tertiary/aromatic N) is 1. The zero-order valence-electron chi connectivity index (χ0n) is 12.9. The standard InChI is InChI=1S/C15H19ClF3N3O2/c16-7-8-20-14(23)22-11-2-4-12(5-3-11)24-13-6-1-10(9-21-13)15(17,18)19/h1,6,9,11-12H,2-5,7-8H2,(H2,20,22,23). The van der Waals surface area contributed by atoms with Gasteiger partial charge in [0.1, 0.15) is 6.10 Å². The highest BCUT2D eigenvalue weighted by atomic mass is 35.5. The number of carbonyl (C=O) groups is 1. The summed E-state index contributed by atoms with van der Waals surface area (Å²) >= 11 is 5.49. The molecule has 1 saturated carbocycles. The number of carbonyl (C=O) groups excluding carboxylic acids is 1. The van der Waals surface area contributed by atoms with Crippen molar-refractivity contribution in [3.05, 3.63) is 23.9 Å². The lowest BCUT2D eigenvalue weighted by atomic mass is 9.93. The Morgan fingerprint density at radius 2 is 2.00 bits per heavy atom. The van der Waals surface area contributed by atoms with Gasteiger partial charge in [0.15, 0.2) is 0 Å². The number of aromatic nitrogens is 1. The molecule has 0 unspecified atom stereocenters. The number of nitrogens with one attached hydrogen (secondary N) is 2. The summed E-state index contributed by atoms with van der Waals surface area (Å²) in [6.45, 7) is 0.408. The molecule has 2 rings (SSSR count). The molecule has 1 aliphatic rings. The molecule has 1 aromatic heterocycles. The highest BCUT2D eigenvalue weighted by Gasteiger charge is 2.31. The average Bonchev–Trinajstić information content (AvgIpc) is 2.54. The number of pyridine rings is 1. The largest absolute Gasteiger partial charge is 0.474 e. The van der Waals surface area contributed by atoms with Crippen LogP contribution in [0.5, 0.6) is 5.88 Å². The minimum absolute atomic E-state index is 0.0562. The fourth-order valence-electron chi connectivity index (χ4n) is 2.51. The number of rotatable bonds is 5. The van der Waals surface area contributed by atoms with Crippen LogP contribution < -0.4 is 15.4 Å². The van der Waals surface area contributed by atoms with Gasteiger partial charge in [-0.2, -0.15) is 13.2 Å². The molecule has 0 saturated heterocycles. The predicted octanol–water partition coefficient (Wildman–Crippen LogP) is 3.33. The van der Waals surface area contributed by atoms with E-state index in [2.05, 4.69) is 15.6 Å². The van der Waals surface area contributed by atoms with Crippen LogP contribution in [0.4, 0.5) is 18.0 Å². The van der Waals surface area contributed by atoms with Crippen molar-refractivity contribution in [2.75, 3.05) is 12.4 Å². The Morgan fingerprint density at radius 1 is 1.29 bits per heavy atom. The first-order valence-electron chi connectivity index (χ1n) is 7.68. The molecule has 134 valence electrons. The van der Waals surface area contributed by atoms with E-state index in [0.717, 1.165) is 25.1 Å². The normalized spacial score (nSPS) is 21.2. The number of hydrogen-bond acceptors (Lipinski definition) is 3. The van der Waals surface area contributed by atoms with Gasteiger partial charge in [-0.15, -0.1) is 11.6 Å². The maximum absolute atomic E-state index is 12.5. The van der Waals surface area contributed by atoms with Crippen molar-refractivity contribution >= 4 is 17.6 Å². The van der Waals surface area contributed by atoms with Crippen LogP contribution in [-0.4, -0.2) is 35.6 Å². The van der Waals surface area contributed by atoms with Gasteiger partial charge in [-0.25, -0.2) is 9.78 Å². The van der Waals surface area contributed by atoms with E-state index in [0.29, 0.717) is 25.3 Å². The van der Waals surface area contributed by atoms with Crippen molar-refractivity contribution in [1.29, 1.82) is 0 Å². The van der Waals surface area contributed by atoms with Crippen LogP contribution in [-0.2, 0) is 6.18 Å². The Hall–Kier alpha value is -1.70. The monoisotopic (exact) mass is 365 g/mol. The number of alkyl halides is 4. The summed E-state index contributed by atoms with van der Waals surface area (Å²) in [6, 6.07) is 1.99. The van der Waals surface area contributed by atoms with E-state index in [1.165, 1.54) is 6.07 Å². The number of amides is 2. The van der Waals surface area contributed by atoms with E-state index >= 15 is 0 Å². The van der Waals surface area contributed by atoms with Crippen LogP contribution in [0.15, 0.2) is 18.3 Å². The summed E-state index contributed by atoms with van der Waals surface area (Å²) in [7, 11) is 0. The zero-order valence-corrected chi connectivity index (χ0v) is 13.7. The van der Waals surface area contributed by atoms with Crippen molar-refractivity contribution in [3.8, 4) is 5.88 Å². The Bertz CT molecular complexity index is 532. The first-order chi connectivity index (χ1) is 11.4. The Kier molecular flexibility index (Phi) is 6.53. The minimum atomic E-state index is -4.40. The third-order valence-electron chi connectivity index (χ3n) is 3.74. The molecule has 1 heterocycles. The fourth-order valence-corrected chi connectivity index (χ4v) is 2.61. The zero-order chi connectivity index (χ0) is 17.6. The van der Waals surface area contributed by atoms with Gasteiger partial charge in [0.25, 0.3) is 0 Å². The molecular weight excluding hydrogens is 347 g/mol. The summed E-state index contributed by atoms with van der Waals surface area (Å²) in [6.07, 6.45) is -0.882. The fraction of sp³-hybridized carbons (Fsp3) is 0.600. The summed E-state index contributed by atoms with van der Waals surface area (Å²) in [5.41, 5.74) is -0.800. The quantitative estimate of drug-likeness (QED) is 0.787. The lowest BCUT2D eigenvalue weighted by molar-refractivity contribution is -0.137. The molecule has 9 heteroatoms. The molecule has 1 aromatic rings. The predicted molar refractivity (Wildman–Crippen MR) is 83.2 cm³/mol. The Balaban J connectivity index is 1.76. The van der Waals surface area contributed by atoms with E-state index in [-0.39, 0.29) is 24.1 Å². The van der Waals surface area contributed by atoms with Crippen LogP contribution in [0, 0.1) is 0 Å². The second kappa shape index (κ2) is 8.41. The summed E-state index contributed by atoms with van der Waals surface area (Å²) in [4.78, 5) is 15.2. The van der Waals surface area contributed by atoms with Crippen LogP contribution in [0.25, 0.3) is 0 Å². The molecule has 0 atom stereocenters. The molecule has 24 heavy (non-hydrogen) atoms. The molecule has 5 nitrogen and oxygen atoms in total. The van der Waals surface area contributed by atoms with Crippen LogP contribution in [0.1, 0.15) is 31.2 Å². The van der Waals surface area contributed by atoms with E-state index in [9.17, 15) is 18.0 Å². The molecular formula is C15H19ClF3N3O2. The lowest BCUT2D eigenvalue weighted by Gasteiger charge is -2.29. The van der Waals surface area contributed by atoms with Crippen molar-refractivity contribution in [3.63, 3.8) is 0 Å². The second-order valence-corrected chi connectivity index (χ2v) is 5.94. The molecule has 0 spiro atoms. The van der Waals surface area contributed by atoms with Crippen LogP contribution in [0.3, 0.4) is 0 Å². The third kappa shape index (κ3) is 5.74. The molecule has 2 amide bonds. The molecule has 0 aromatic carbocycles. The Morgan fingerprint density at radius 3 is 2.54 bits per heavy atom. The first-order valence-corrected chi connectivity index (χ1v) is 8.22. The summed E-state index contributed by atoms with van der Waals surface area (Å²) in [5, 5.41) is 5.49. The average molecular weight is 366 g/mol. The molecule has 1 aliphatic carbocycles. The van der Waals surface area contributed by atoms with Gasteiger partial charge in [0, 0.05) is 30.7 Å². The van der Waals surface area contributed by atoms with Crippen molar-refractivity contribution in [2.24, 2.45) is 0 Å². The van der Waals surface area contributed by atoms with Gasteiger partial charge < -0.3 is 15.4 Å². The highest BCUT2D eigenvalue weighted by Crippen LogP contribution is 2.30. The van der Waals surface area contributed by atoms with Gasteiger partial charge in [-0.1, -0.05) is 0 Å².